The number of carbonyl (C=O) groups is 3. The van der Waals surface area contributed by atoms with Crippen LogP contribution in [0.15, 0.2) is 54.6 Å². The number of alkyl halides is 3. The average Bonchev–Trinajstić information content (AvgIpc) is 2.65. The van der Waals surface area contributed by atoms with Gasteiger partial charge in [0, 0.05) is 16.5 Å². The molecule has 0 saturated heterocycles. The van der Waals surface area contributed by atoms with Gasteiger partial charge >= 0.3 is 6.18 Å². The Hall–Kier alpha value is -3.19. The molecule has 0 N–H and O–H groups in total. The number of imide groups is 3. The molecule has 4 nitrogen and oxygen atoms in total. The van der Waals surface area contributed by atoms with Crippen molar-refractivity contribution in [2.45, 2.75) is 6.18 Å². The highest BCUT2D eigenvalue weighted by atomic mass is 35.5. The molecular formula is C20H9ClF3NO3. The molecule has 0 saturated carbocycles. The van der Waals surface area contributed by atoms with Crippen molar-refractivity contribution < 1.29 is 27.6 Å². The fourth-order valence-corrected chi connectivity index (χ4v) is 3.46. The zero-order chi connectivity index (χ0) is 20.2. The van der Waals surface area contributed by atoms with Gasteiger partial charge in [0.15, 0.2) is 0 Å². The standard InChI is InChI=1S/C20H9ClF3NO3/c21-15-9-11(20(22,23)24)7-8-12(15)17(26)25-18(27)13-5-1-3-10-4-2-6-14(16(10)13)19(25)28/h1-9H. The van der Waals surface area contributed by atoms with E-state index in [4.69, 9.17) is 11.6 Å². The molecule has 3 aromatic carbocycles. The first-order valence-electron chi connectivity index (χ1n) is 8.02. The molecule has 0 spiro atoms. The maximum absolute atomic E-state index is 12.8. The Morgan fingerprint density at radius 1 is 0.893 bits per heavy atom. The van der Waals surface area contributed by atoms with E-state index in [1.807, 2.05) is 0 Å². The van der Waals surface area contributed by atoms with Crippen molar-refractivity contribution in [3.8, 4) is 0 Å². The molecule has 3 aromatic rings. The molecule has 0 unspecified atom stereocenters. The first kappa shape index (κ1) is 18.2. The van der Waals surface area contributed by atoms with Crippen LogP contribution < -0.4 is 0 Å². The Morgan fingerprint density at radius 3 is 1.96 bits per heavy atom. The van der Waals surface area contributed by atoms with E-state index in [-0.39, 0.29) is 16.7 Å². The molecule has 1 heterocycles. The van der Waals surface area contributed by atoms with Crippen LogP contribution in [0, 0.1) is 0 Å². The minimum Gasteiger partial charge on any atom is -0.268 e. The Balaban J connectivity index is 1.82. The van der Waals surface area contributed by atoms with Gasteiger partial charge < -0.3 is 0 Å². The number of halogens is 4. The predicted octanol–water partition coefficient (Wildman–Crippen LogP) is 4.95. The van der Waals surface area contributed by atoms with Crippen LogP contribution in [0.5, 0.6) is 0 Å². The smallest absolute Gasteiger partial charge is 0.268 e. The van der Waals surface area contributed by atoms with Crippen LogP contribution in [0.4, 0.5) is 13.2 Å². The summed E-state index contributed by atoms with van der Waals surface area (Å²) in [4.78, 5) is 38.9. The molecule has 1 aliphatic rings. The summed E-state index contributed by atoms with van der Waals surface area (Å²) in [5, 5.41) is 0.594. The largest absolute Gasteiger partial charge is 0.416 e. The normalized spacial score (nSPS) is 13.9. The van der Waals surface area contributed by atoms with Gasteiger partial charge in [-0.2, -0.15) is 13.2 Å². The maximum Gasteiger partial charge on any atom is 0.416 e. The number of carbonyl (C=O) groups excluding carboxylic acids is 3. The number of nitrogens with zero attached hydrogens (tertiary/aromatic N) is 1. The molecule has 4 rings (SSSR count). The SMILES string of the molecule is O=C(c1ccc(C(F)(F)F)cc1Cl)N1C(=O)c2cccc3cccc(c23)C1=O. The third-order valence-electron chi connectivity index (χ3n) is 4.50. The van der Waals surface area contributed by atoms with E-state index >= 15 is 0 Å². The van der Waals surface area contributed by atoms with Gasteiger partial charge in [-0.1, -0.05) is 35.9 Å². The number of hydrogen-bond acceptors (Lipinski definition) is 3. The van der Waals surface area contributed by atoms with Crippen molar-refractivity contribution >= 4 is 40.1 Å². The van der Waals surface area contributed by atoms with Crippen LogP contribution in [0.1, 0.15) is 36.6 Å². The molecule has 0 radical (unpaired) electrons. The van der Waals surface area contributed by atoms with E-state index in [1.165, 1.54) is 12.1 Å². The van der Waals surface area contributed by atoms with Gasteiger partial charge in [-0.05, 0) is 35.7 Å². The highest BCUT2D eigenvalue weighted by molar-refractivity contribution is 6.37. The summed E-state index contributed by atoms with van der Waals surface area (Å²) in [6, 6.07) is 11.8. The lowest BCUT2D eigenvalue weighted by molar-refractivity contribution is -0.137. The van der Waals surface area contributed by atoms with Crippen molar-refractivity contribution in [2.75, 3.05) is 0 Å². The van der Waals surface area contributed by atoms with Crippen LogP contribution in [0.25, 0.3) is 10.8 Å². The molecule has 0 fully saturated rings. The Morgan fingerprint density at radius 2 is 1.46 bits per heavy atom. The van der Waals surface area contributed by atoms with Crippen molar-refractivity contribution in [2.24, 2.45) is 0 Å². The van der Waals surface area contributed by atoms with E-state index in [0.29, 0.717) is 27.8 Å². The van der Waals surface area contributed by atoms with E-state index in [1.54, 1.807) is 24.3 Å². The fourth-order valence-electron chi connectivity index (χ4n) is 3.20. The minimum absolute atomic E-state index is 0.157. The molecule has 8 heteroatoms. The second-order valence-corrected chi connectivity index (χ2v) is 6.56. The second-order valence-electron chi connectivity index (χ2n) is 6.15. The van der Waals surface area contributed by atoms with Crippen molar-refractivity contribution in [3.05, 3.63) is 81.9 Å². The van der Waals surface area contributed by atoms with Gasteiger partial charge in [0.25, 0.3) is 17.7 Å². The number of benzene rings is 3. The molecular weight excluding hydrogens is 395 g/mol. The second kappa shape index (κ2) is 6.17. The summed E-state index contributed by atoms with van der Waals surface area (Å²) in [5.41, 5.74) is -1.10. The van der Waals surface area contributed by atoms with Crippen molar-refractivity contribution in [1.82, 2.24) is 4.90 Å². The van der Waals surface area contributed by atoms with Crippen molar-refractivity contribution in [3.63, 3.8) is 0 Å². The highest BCUT2D eigenvalue weighted by Gasteiger charge is 2.39. The van der Waals surface area contributed by atoms with Crippen LogP contribution in [0.2, 0.25) is 5.02 Å². The summed E-state index contributed by atoms with van der Waals surface area (Å²) >= 11 is 5.86. The van der Waals surface area contributed by atoms with E-state index < -0.39 is 34.5 Å². The summed E-state index contributed by atoms with van der Waals surface area (Å²) in [6.45, 7) is 0. The third kappa shape index (κ3) is 2.66. The van der Waals surface area contributed by atoms with Crippen LogP contribution >= 0.6 is 11.6 Å². The first-order chi connectivity index (χ1) is 13.2. The lowest BCUT2D eigenvalue weighted by Crippen LogP contribution is -2.44. The molecule has 0 bridgehead atoms. The quantitative estimate of drug-likeness (QED) is 0.540. The van der Waals surface area contributed by atoms with Crippen LogP contribution in [0.3, 0.4) is 0 Å². The van der Waals surface area contributed by atoms with Gasteiger partial charge in [-0.15, -0.1) is 0 Å². The number of hydrogen-bond donors (Lipinski definition) is 0. The van der Waals surface area contributed by atoms with E-state index in [2.05, 4.69) is 0 Å². The Labute approximate surface area is 161 Å². The van der Waals surface area contributed by atoms with Crippen LogP contribution in [-0.2, 0) is 6.18 Å². The maximum atomic E-state index is 12.8. The fraction of sp³-hybridized carbons (Fsp3) is 0.0500. The lowest BCUT2D eigenvalue weighted by atomic mass is 9.93. The molecule has 0 aliphatic carbocycles. The van der Waals surface area contributed by atoms with Gasteiger partial charge in [0.05, 0.1) is 16.1 Å². The van der Waals surface area contributed by atoms with E-state index in [0.717, 1.165) is 6.07 Å². The molecule has 28 heavy (non-hydrogen) atoms. The lowest BCUT2D eigenvalue weighted by Gasteiger charge is -2.26. The van der Waals surface area contributed by atoms with Gasteiger partial charge in [0.2, 0.25) is 0 Å². The molecule has 1 aliphatic heterocycles. The monoisotopic (exact) mass is 403 g/mol. The molecule has 0 aromatic heterocycles. The summed E-state index contributed by atoms with van der Waals surface area (Å²) < 4.78 is 38.4. The van der Waals surface area contributed by atoms with Gasteiger partial charge in [0.1, 0.15) is 0 Å². The van der Waals surface area contributed by atoms with E-state index in [9.17, 15) is 27.6 Å². The molecule has 0 atom stereocenters. The molecule has 3 amide bonds. The van der Waals surface area contributed by atoms with Gasteiger partial charge in [-0.3, -0.25) is 14.4 Å². The zero-order valence-corrected chi connectivity index (χ0v) is 14.6. The minimum atomic E-state index is -4.64. The Kier molecular flexibility index (Phi) is 4.01. The first-order valence-corrected chi connectivity index (χ1v) is 8.39. The average molecular weight is 404 g/mol. The molecule has 140 valence electrons. The summed E-state index contributed by atoms with van der Waals surface area (Å²) in [7, 11) is 0. The number of amides is 3. The zero-order valence-electron chi connectivity index (χ0n) is 13.9. The predicted molar refractivity (Wildman–Crippen MR) is 95.2 cm³/mol. The summed E-state index contributed by atoms with van der Waals surface area (Å²) in [5.74, 6) is -2.79. The van der Waals surface area contributed by atoms with Gasteiger partial charge in [-0.25, -0.2) is 4.90 Å². The summed E-state index contributed by atoms with van der Waals surface area (Å²) in [6.07, 6.45) is -4.64. The van der Waals surface area contributed by atoms with Crippen molar-refractivity contribution in [1.29, 1.82) is 0 Å². The van der Waals surface area contributed by atoms with Crippen LogP contribution in [-0.4, -0.2) is 22.6 Å². The number of rotatable bonds is 1. The highest BCUT2D eigenvalue weighted by Crippen LogP contribution is 2.34. The Bertz CT molecular complexity index is 1140. The third-order valence-corrected chi connectivity index (χ3v) is 4.81. The topological polar surface area (TPSA) is 54.5 Å².